The quantitative estimate of drug-likeness (QED) is 0.548. The van der Waals surface area contributed by atoms with Crippen LogP contribution in [0.1, 0.15) is 17.8 Å². The number of anilines is 1. The number of aromatic nitrogens is 2. The molecule has 0 fully saturated rings. The zero-order valence-electron chi connectivity index (χ0n) is 13.0. The van der Waals surface area contributed by atoms with E-state index in [1.165, 1.54) is 12.1 Å². The van der Waals surface area contributed by atoms with Crippen molar-refractivity contribution in [1.82, 2.24) is 9.97 Å². The van der Waals surface area contributed by atoms with E-state index in [9.17, 15) is 14.9 Å². The molecule has 25 heavy (non-hydrogen) atoms. The molecular weight excluding hydrogens is 322 g/mol. The molecule has 2 aromatic carbocycles. The third-order valence-corrected chi connectivity index (χ3v) is 3.61. The van der Waals surface area contributed by atoms with Crippen molar-refractivity contribution in [2.24, 2.45) is 0 Å². The minimum absolute atomic E-state index is 0.0127. The summed E-state index contributed by atoms with van der Waals surface area (Å²) in [5.74, 6) is 0.404. The van der Waals surface area contributed by atoms with Crippen LogP contribution in [0, 0.1) is 21.4 Å². The van der Waals surface area contributed by atoms with Gasteiger partial charge >= 0.3 is 0 Å². The molecule has 3 rings (SSSR count). The van der Waals surface area contributed by atoms with E-state index < -0.39 is 4.92 Å². The van der Waals surface area contributed by atoms with Gasteiger partial charge in [0.05, 0.1) is 27.6 Å². The summed E-state index contributed by atoms with van der Waals surface area (Å²) in [4.78, 5) is 29.6. The van der Waals surface area contributed by atoms with Gasteiger partial charge in [-0.2, -0.15) is 5.26 Å². The fourth-order valence-electron chi connectivity index (χ4n) is 2.37. The molecule has 0 bridgehead atoms. The van der Waals surface area contributed by atoms with E-state index in [0.29, 0.717) is 34.5 Å². The number of aromatic amines is 1. The maximum atomic E-state index is 12.0. The highest BCUT2D eigenvalue weighted by atomic mass is 16.6. The van der Waals surface area contributed by atoms with Gasteiger partial charge in [-0.25, -0.2) is 4.98 Å². The number of imidazole rings is 1. The van der Waals surface area contributed by atoms with Crippen LogP contribution in [0.5, 0.6) is 0 Å². The number of nitro groups is 1. The van der Waals surface area contributed by atoms with Gasteiger partial charge in [0.1, 0.15) is 5.82 Å². The predicted molar refractivity (Wildman–Crippen MR) is 90.9 cm³/mol. The van der Waals surface area contributed by atoms with Gasteiger partial charge in [-0.05, 0) is 30.3 Å². The van der Waals surface area contributed by atoms with Crippen molar-refractivity contribution in [3.63, 3.8) is 0 Å². The number of benzene rings is 2. The Balaban J connectivity index is 1.62. The average Bonchev–Trinajstić information content (AvgIpc) is 3.02. The van der Waals surface area contributed by atoms with Gasteiger partial charge in [-0.3, -0.25) is 14.9 Å². The molecule has 0 saturated carbocycles. The van der Waals surface area contributed by atoms with Crippen molar-refractivity contribution in [2.75, 3.05) is 5.32 Å². The number of rotatable bonds is 5. The summed E-state index contributed by atoms with van der Waals surface area (Å²) in [5, 5.41) is 22.3. The molecule has 124 valence electrons. The summed E-state index contributed by atoms with van der Waals surface area (Å²) in [6.07, 6.45) is 0.590. The Hall–Kier alpha value is -3.73. The number of carbonyl (C=O) groups excluding carboxylic acids is 1. The van der Waals surface area contributed by atoms with Gasteiger partial charge in [-0.15, -0.1) is 0 Å². The summed E-state index contributed by atoms with van der Waals surface area (Å²) >= 11 is 0. The Morgan fingerprint density at radius 1 is 1.28 bits per heavy atom. The lowest BCUT2D eigenvalue weighted by Crippen LogP contribution is -2.12. The summed E-state index contributed by atoms with van der Waals surface area (Å²) in [6, 6.07) is 13.0. The van der Waals surface area contributed by atoms with E-state index in [2.05, 4.69) is 15.3 Å². The third kappa shape index (κ3) is 3.79. The zero-order chi connectivity index (χ0) is 17.8. The second-order valence-electron chi connectivity index (χ2n) is 5.38. The van der Waals surface area contributed by atoms with E-state index in [4.69, 9.17) is 5.26 Å². The Kier molecular flexibility index (Phi) is 4.39. The van der Waals surface area contributed by atoms with Crippen molar-refractivity contribution in [1.29, 1.82) is 5.26 Å². The third-order valence-electron chi connectivity index (χ3n) is 3.61. The number of nitrogens with zero attached hydrogens (tertiary/aromatic N) is 3. The number of nitrogens with one attached hydrogen (secondary N) is 2. The lowest BCUT2D eigenvalue weighted by molar-refractivity contribution is -0.384. The molecular formula is C17H13N5O3. The first-order valence-corrected chi connectivity index (χ1v) is 7.48. The summed E-state index contributed by atoms with van der Waals surface area (Å²) in [7, 11) is 0. The fourth-order valence-corrected chi connectivity index (χ4v) is 2.37. The Morgan fingerprint density at radius 2 is 2.04 bits per heavy atom. The predicted octanol–water partition coefficient (Wildman–Crippen LogP) is 2.91. The smallest absolute Gasteiger partial charge is 0.271 e. The lowest BCUT2D eigenvalue weighted by atomic mass is 10.2. The number of nitro benzene ring substituents is 1. The SMILES string of the molecule is N#Cc1ccc(NC(=O)CCc2nc3ccc([N+](=O)[O-])cc3[nH]2)cc1. The first kappa shape index (κ1) is 16.1. The maximum Gasteiger partial charge on any atom is 0.271 e. The normalized spacial score (nSPS) is 10.4. The molecule has 0 radical (unpaired) electrons. The van der Waals surface area contributed by atoms with Crippen molar-refractivity contribution < 1.29 is 9.72 Å². The Labute approximate surface area is 142 Å². The topological polar surface area (TPSA) is 125 Å². The molecule has 2 N–H and O–H groups in total. The van der Waals surface area contributed by atoms with Crippen molar-refractivity contribution in [2.45, 2.75) is 12.8 Å². The standard InChI is InChI=1S/C17H13N5O3/c18-10-11-1-3-12(4-2-11)19-17(23)8-7-16-20-14-6-5-13(22(24)25)9-15(14)21-16/h1-6,9H,7-8H2,(H,19,23)(H,20,21). The van der Waals surface area contributed by atoms with Crippen molar-refractivity contribution in [3.8, 4) is 6.07 Å². The van der Waals surface area contributed by atoms with Crippen LogP contribution in [-0.2, 0) is 11.2 Å². The Morgan fingerprint density at radius 3 is 2.72 bits per heavy atom. The van der Waals surface area contributed by atoms with Gasteiger partial charge < -0.3 is 10.3 Å². The van der Waals surface area contributed by atoms with Crippen LogP contribution in [-0.4, -0.2) is 20.8 Å². The minimum atomic E-state index is -0.467. The maximum absolute atomic E-state index is 12.0. The van der Waals surface area contributed by atoms with E-state index >= 15 is 0 Å². The number of fused-ring (bicyclic) bond motifs is 1. The molecule has 1 heterocycles. The molecule has 0 saturated heterocycles. The molecule has 0 atom stereocenters. The molecule has 1 amide bonds. The van der Waals surface area contributed by atoms with Crippen LogP contribution in [0.15, 0.2) is 42.5 Å². The second-order valence-corrected chi connectivity index (χ2v) is 5.38. The molecule has 3 aromatic rings. The molecule has 8 nitrogen and oxygen atoms in total. The molecule has 1 aromatic heterocycles. The number of hydrogen-bond acceptors (Lipinski definition) is 5. The molecule has 0 unspecified atom stereocenters. The van der Waals surface area contributed by atoms with Gasteiger partial charge in [-0.1, -0.05) is 0 Å². The summed E-state index contributed by atoms with van der Waals surface area (Å²) < 4.78 is 0. The monoisotopic (exact) mass is 335 g/mol. The number of non-ortho nitro benzene ring substituents is 1. The first-order valence-electron chi connectivity index (χ1n) is 7.48. The molecule has 0 aliphatic rings. The zero-order valence-corrected chi connectivity index (χ0v) is 13.0. The lowest BCUT2D eigenvalue weighted by Gasteiger charge is -2.04. The number of carbonyl (C=O) groups is 1. The van der Waals surface area contributed by atoms with E-state index in [1.54, 1.807) is 30.3 Å². The van der Waals surface area contributed by atoms with E-state index in [-0.39, 0.29) is 18.0 Å². The van der Waals surface area contributed by atoms with Gasteiger partial charge in [0.2, 0.25) is 5.91 Å². The van der Waals surface area contributed by atoms with Gasteiger partial charge in [0, 0.05) is 30.7 Å². The number of aryl methyl sites for hydroxylation is 1. The highest BCUT2D eigenvalue weighted by Crippen LogP contribution is 2.19. The summed E-state index contributed by atoms with van der Waals surface area (Å²) in [6.45, 7) is 0. The largest absolute Gasteiger partial charge is 0.342 e. The van der Waals surface area contributed by atoms with E-state index in [1.807, 2.05) is 6.07 Å². The molecule has 8 heteroatoms. The highest BCUT2D eigenvalue weighted by Gasteiger charge is 2.11. The molecule has 0 spiro atoms. The van der Waals surface area contributed by atoms with Crippen LogP contribution in [0.25, 0.3) is 11.0 Å². The number of amides is 1. The second kappa shape index (κ2) is 6.80. The van der Waals surface area contributed by atoms with Crippen LogP contribution >= 0.6 is 0 Å². The highest BCUT2D eigenvalue weighted by molar-refractivity contribution is 5.90. The van der Waals surface area contributed by atoms with Crippen LogP contribution in [0.4, 0.5) is 11.4 Å². The van der Waals surface area contributed by atoms with Crippen LogP contribution in [0.3, 0.4) is 0 Å². The first-order chi connectivity index (χ1) is 12.0. The van der Waals surface area contributed by atoms with Crippen LogP contribution in [0.2, 0.25) is 0 Å². The van der Waals surface area contributed by atoms with Gasteiger partial charge in [0.25, 0.3) is 5.69 Å². The number of nitriles is 1. The molecule has 0 aliphatic carbocycles. The van der Waals surface area contributed by atoms with E-state index in [0.717, 1.165) is 0 Å². The average molecular weight is 335 g/mol. The number of hydrogen-bond donors (Lipinski definition) is 2. The molecule has 0 aliphatic heterocycles. The minimum Gasteiger partial charge on any atom is -0.342 e. The van der Waals surface area contributed by atoms with Crippen molar-refractivity contribution >= 4 is 28.3 Å². The summed E-state index contributed by atoms with van der Waals surface area (Å²) in [5.41, 5.74) is 2.31. The van der Waals surface area contributed by atoms with Crippen LogP contribution < -0.4 is 5.32 Å². The van der Waals surface area contributed by atoms with Crippen molar-refractivity contribution in [3.05, 3.63) is 64.0 Å². The Bertz CT molecular complexity index is 986. The number of H-pyrrole nitrogens is 1. The van der Waals surface area contributed by atoms with Gasteiger partial charge in [0.15, 0.2) is 0 Å². The fraction of sp³-hybridized carbons (Fsp3) is 0.118.